The number of para-hydroxylation sites is 1. The minimum absolute atomic E-state index is 0.180. The summed E-state index contributed by atoms with van der Waals surface area (Å²) < 4.78 is 12.5. The van der Waals surface area contributed by atoms with Crippen LogP contribution >= 0.6 is 0 Å². The molecule has 35 heavy (non-hydrogen) atoms. The summed E-state index contributed by atoms with van der Waals surface area (Å²) in [6, 6.07) is 23.2. The van der Waals surface area contributed by atoms with E-state index in [0.717, 1.165) is 5.56 Å². The first kappa shape index (κ1) is 22.3. The number of ether oxygens (including phenoxy) is 2. The number of fused-ring (bicyclic) bond motifs is 3. The van der Waals surface area contributed by atoms with Gasteiger partial charge < -0.3 is 14.8 Å². The Labute approximate surface area is 202 Å². The molecule has 3 aromatic rings. The highest BCUT2D eigenvalue weighted by Crippen LogP contribution is 2.32. The lowest BCUT2D eigenvalue weighted by Gasteiger charge is -2.24. The monoisotopic (exact) mass is 470 g/mol. The van der Waals surface area contributed by atoms with Crippen molar-refractivity contribution >= 4 is 29.2 Å². The topological polar surface area (TPSA) is 87.9 Å². The molecule has 0 aromatic heterocycles. The van der Waals surface area contributed by atoms with Crippen molar-refractivity contribution in [3.8, 4) is 11.5 Å². The lowest BCUT2D eigenvalue weighted by atomic mass is 10.0. The summed E-state index contributed by atoms with van der Waals surface area (Å²) in [7, 11) is 1.54. The van der Waals surface area contributed by atoms with E-state index in [2.05, 4.69) is 5.32 Å². The molecule has 0 radical (unpaired) electrons. The molecule has 1 unspecified atom stereocenters. The van der Waals surface area contributed by atoms with Gasteiger partial charge in [-0.25, -0.2) is 4.79 Å². The van der Waals surface area contributed by atoms with Gasteiger partial charge >= 0.3 is 11.9 Å². The van der Waals surface area contributed by atoms with E-state index in [9.17, 15) is 14.4 Å². The van der Waals surface area contributed by atoms with Crippen LogP contribution in [0.4, 0.5) is 10.5 Å². The molecule has 4 amide bonds. The minimum atomic E-state index is -0.981. The van der Waals surface area contributed by atoms with E-state index >= 15 is 0 Å². The normalized spacial score (nSPS) is 16.5. The molecule has 176 valence electrons. The Morgan fingerprint density at radius 3 is 2.60 bits per heavy atom. The van der Waals surface area contributed by atoms with Gasteiger partial charge in [-0.2, -0.15) is 14.3 Å². The number of carbonyl (C=O) groups excluding carboxylic acids is 3. The second-order valence-corrected chi connectivity index (χ2v) is 8.25. The van der Waals surface area contributed by atoms with Crippen molar-refractivity contribution in [2.24, 2.45) is 0 Å². The van der Waals surface area contributed by atoms with E-state index < -0.39 is 23.9 Å². The highest BCUT2D eigenvalue weighted by molar-refractivity contribution is 6.22. The maximum atomic E-state index is 13.6. The number of hydrogen-bond acceptors (Lipinski definition) is 5. The second kappa shape index (κ2) is 9.42. The summed E-state index contributed by atoms with van der Waals surface area (Å²) in [5, 5.41) is 2.80. The first-order chi connectivity index (χ1) is 17.0. The zero-order chi connectivity index (χ0) is 24.4. The fourth-order valence-corrected chi connectivity index (χ4v) is 4.33. The number of benzene rings is 3. The molecule has 8 heteroatoms. The molecule has 2 heterocycles. The number of methoxy groups -OCH3 is 1. The number of rotatable bonds is 7. The number of anilines is 1. The van der Waals surface area contributed by atoms with Gasteiger partial charge in [-0.1, -0.05) is 48.5 Å². The van der Waals surface area contributed by atoms with Crippen molar-refractivity contribution in [2.45, 2.75) is 12.5 Å². The number of hydrogen-bond donors (Lipinski definition) is 1. The van der Waals surface area contributed by atoms with Crippen molar-refractivity contribution in [3.63, 3.8) is 0 Å². The number of imide groups is 1. The molecule has 5 rings (SSSR count). The molecule has 3 aromatic carbocycles. The molecule has 2 aliphatic rings. The molecule has 8 nitrogen and oxygen atoms in total. The van der Waals surface area contributed by atoms with Gasteiger partial charge in [-0.15, -0.1) is 0 Å². The molecule has 0 saturated carbocycles. The molecule has 1 atom stereocenters. The number of urea groups is 1. The van der Waals surface area contributed by atoms with Gasteiger partial charge in [-0.05, 0) is 29.8 Å². The fourth-order valence-electron chi connectivity index (χ4n) is 4.33. The SMILES string of the molecule is COc1cccc(NC(=O)C[N+]2=C3c4ccccc4OC3C(=O)N(CCc3ccccc3)C2=O)c1. The van der Waals surface area contributed by atoms with Gasteiger partial charge in [0.25, 0.3) is 12.0 Å². The third kappa shape index (κ3) is 4.38. The first-order valence-corrected chi connectivity index (χ1v) is 11.3. The van der Waals surface area contributed by atoms with E-state index in [1.807, 2.05) is 36.4 Å². The van der Waals surface area contributed by atoms with E-state index in [1.165, 1.54) is 9.48 Å². The molecular formula is C27H24N3O5+. The summed E-state index contributed by atoms with van der Waals surface area (Å²) >= 11 is 0. The molecule has 1 N–H and O–H groups in total. The zero-order valence-electron chi connectivity index (χ0n) is 19.1. The van der Waals surface area contributed by atoms with Crippen molar-refractivity contribution in [1.82, 2.24) is 4.90 Å². The minimum Gasteiger partial charge on any atom is -0.497 e. The van der Waals surface area contributed by atoms with Crippen LogP contribution in [0.1, 0.15) is 11.1 Å². The highest BCUT2D eigenvalue weighted by Gasteiger charge is 2.53. The van der Waals surface area contributed by atoms with Crippen LogP contribution in [-0.2, 0) is 16.0 Å². The standard InChI is InChI=1S/C27H23N3O5/c1-34-20-11-7-10-19(16-20)28-23(31)17-30-24-21-12-5-6-13-22(21)35-25(24)26(32)29(27(30)33)15-14-18-8-3-2-4-9-18/h2-13,16,25H,14-15,17H2,1H3/p+1. The summed E-state index contributed by atoms with van der Waals surface area (Å²) in [5.41, 5.74) is 2.57. The summed E-state index contributed by atoms with van der Waals surface area (Å²) in [6.07, 6.45) is -0.484. The quantitative estimate of drug-likeness (QED) is 0.536. The van der Waals surface area contributed by atoms with Crippen molar-refractivity contribution in [3.05, 3.63) is 90.0 Å². The van der Waals surface area contributed by atoms with E-state index in [4.69, 9.17) is 9.47 Å². The average Bonchev–Trinajstić information content (AvgIpc) is 3.27. The van der Waals surface area contributed by atoms with E-state index in [1.54, 1.807) is 49.6 Å². The molecular weight excluding hydrogens is 446 g/mol. The maximum absolute atomic E-state index is 13.6. The largest absolute Gasteiger partial charge is 0.501 e. The van der Waals surface area contributed by atoms with Crippen LogP contribution in [-0.4, -0.2) is 59.3 Å². The molecule has 0 saturated heterocycles. The molecule has 2 aliphatic heterocycles. The van der Waals surface area contributed by atoms with Crippen LogP contribution in [0.5, 0.6) is 11.5 Å². The predicted octanol–water partition coefficient (Wildman–Crippen LogP) is 3.10. The number of carbonyl (C=O) groups is 3. The van der Waals surface area contributed by atoms with Crippen LogP contribution in [0, 0.1) is 0 Å². The maximum Gasteiger partial charge on any atom is 0.501 e. The van der Waals surface area contributed by atoms with Crippen molar-refractivity contribution in [1.29, 1.82) is 0 Å². The number of nitrogens with zero attached hydrogens (tertiary/aromatic N) is 2. The third-order valence-corrected chi connectivity index (χ3v) is 6.02. The Morgan fingerprint density at radius 2 is 1.80 bits per heavy atom. The third-order valence-electron chi connectivity index (χ3n) is 6.02. The number of amides is 4. The van der Waals surface area contributed by atoms with Gasteiger partial charge in [0, 0.05) is 18.2 Å². The van der Waals surface area contributed by atoms with Gasteiger partial charge in [-0.3, -0.25) is 4.79 Å². The molecule has 0 spiro atoms. The Balaban J connectivity index is 1.45. The van der Waals surface area contributed by atoms with Gasteiger partial charge in [0.2, 0.25) is 0 Å². The Hall–Kier alpha value is -4.46. The fraction of sp³-hybridized carbons (Fsp3) is 0.185. The molecule has 0 aliphatic carbocycles. The Morgan fingerprint density at radius 1 is 1.03 bits per heavy atom. The smallest absolute Gasteiger partial charge is 0.497 e. The lowest BCUT2D eigenvalue weighted by molar-refractivity contribution is -0.428. The Kier molecular flexibility index (Phi) is 6.01. The first-order valence-electron chi connectivity index (χ1n) is 11.3. The van der Waals surface area contributed by atoms with Crippen LogP contribution in [0.15, 0.2) is 78.9 Å². The van der Waals surface area contributed by atoms with Crippen LogP contribution in [0.2, 0.25) is 0 Å². The lowest BCUT2D eigenvalue weighted by Crippen LogP contribution is -2.59. The number of nitrogens with one attached hydrogen (secondary N) is 1. The van der Waals surface area contributed by atoms with Gasteiger partial charge in [0.05, 0.1) is 12.7 Å². The average molecular weight is 471 g/mol. The van der Waals surface area contributed by atoms with Crippen molar-refractivity contribution in [2.75, 3.05) is 25.5 Å². The van der Waals surface area contributed by atoms with Gasteiger partial charge in [0.15, 0.2) is 12.3 Å². The summed E-state index contributed by atoms with van der Waals surface area (Å²) in [6.45, 7) is -0.0894. The van der Waals surface area contributed by atoms with Crippen molar-refractivity contribution < 1.29 is 28.4 Å². The summed E-state index contributed by atoms with van der Waals surface area (Å²) in [5.74, 6) is 0.278. The molecule has 0 fully saturated rings. The second-order valence-electron chi connectivity index (χ2n) is 8.25. The highest BCUT2D eigenvalue weighted by atomic mass is 16.5. The zero-order valence-corrected chi connectivity index (χ0v) is 19.1. The molecule has 0 bridgehead atoms. The van der Waals surface area contributed by atoms with E-state index in [0.29, 0.717) is 34.9 Å². The van der Waals surface area contributed by atoms with Crippen LogP contribution in [0.3, 0.4) is 0 Å². The van der Waals surface area contributed by atoms with Crippen LogP contribution in [0.25, 0.3) is 0 Å². The Bertz CT molecular complexity index is 1340. The van der Waals surface area contributed by atoms with E-state index in [-0.39, 0.29) is 13.1 Å². The van der Waals surface area contributed by atoms with Crippen LogP contribution < -0.4 is 14.8 Å². The summed E-state index contributed by atoms with van der Waals surface area (Å²) in [4.78, 5) is 41.0. The predicted molar refractivity (Wildman–Crippen MR) is 129 cm³/mol. The van der Waals surface area contributed by atoms with Gasteiger partial charge in [0.1, 0.15) is 18.0 Å².